The molecule has 0 aliphatic heterocycles. The SMILES string of the molecule is Cc1cccc(CNCC(=O)Nc2cccc(Cl)c2)n1. The predicted molar refractivity (Wildman–Crippen MR) is 80.8 cm³/mol. The fraction of sp³-hybridized carbons (Fsp3) is 0.200. The van der Waals surface area contributed by atoms with Gasteiger partial charge in [-0.15, -0.1) is 0 Å². The number of nitrogens with zero attached hydrogens (tertiary/aromatic N) is 1. The Morgan fingerprint density at radius 1 is 1.25 bits per heavy atom. The number of halogens is 1. The van der Waals surface area contributed by atoms with E-state index >= 15 is 0 Å². The summed E-state index contributed by atoms with van der Waals surface area (Å²) in [6, 6.07) is 12.9. The maximum Gasteiger partial charge on any atom is 0.238 e. The number of hydrogen-bond acceptors (Lipinski definition) is 3. The van der Waals surface area contributed by atoms with Crippen LogP contribution in [0.3, 0.4) is 0 Å². The summed E-state index contributed by atoms with van der Waals surface area (Å²) in [5.74, 6) is -0.111. The molecule has 20 heavy (non-hydrogen) atoms. The molecule has 4 nitrogen and oxygen atoms in total. The number of benzene rings is 1. The zero-order valence-corrected chi connectivity index (χ0v) is 11.9. The summed E-state index contributed by atoms with van der Waals surface area (Å²) < 4.78 is 0. The molecule has 0 atom stereocenters. The largest absolute Gasteiger partial charge is 0.325 e. The van der Waals surface area contributed by atoms with Gasteiger partial charge in [-0.1, -0.05) is 23.7 Å². The third kappa shape index (κ3) is 4.64. The van der Waals surface area contributed by atoms with Crippen LogP contribution in [0.15, 0.2) is 42.5 Å². The predicted octanol–water partition coefficient (Wildman–Crippen LogP) is 2.77. The number of aryl methyl sites for hydroxylation is 1. The van der Waals surface area contributed by atoms with Gasteiger partial charge in [0.1, 0.15) is 0 Å². The molecule has 0 spiro atoms. The summed E-state index contributed by atoms with van der Waals surface area (Å²) in [5.41, 5.74) is 2.58. The lowest BCUT2D eigenvalue weighted by Gasteiger charge is -2.07. The van der Waals surface area contributed by atoms with Gasteiger partial charge in [-0.3, -0.25) is 9.78 Å². The highest BCUT2D eigenvalue weighted by Crippen LogP contribution is 2.14. The lowest BCUT2D eigenvalue weighted by molar-refractivity contribution is -0.115. The Kier molecular flexibility index (Phi) is 5.09. The van der Waals surface area contributed by atoms with E-state index in [2.05, 4.69) is 15.6 Å². The van der Waals surface area contributed by atoms with E-state index in [1.165, 1.54) is 0 Å². The number of rotatable bonds is 5. The second-order valence-electron chi connectivity index (χ2n) is 4.43. The van der Waals surface area contributed by atoms with Crippen LogP contribution < -0.4 is 10.6 Å². The number of aromatic nitrogens is 1. The molecule has 104 valence electrons. The fourth-order valence-electron chi connectivity index (χ4n) is 1.77. The third-order valence-electron chi connectivity index (χ3n) is 2.65. The van der Waals surface area contributed by atoms with Gasteiger partial charge in [-0.25, -0.2) is 0 Å². The molecule has 2 rings (SSSR count). The number of anilines is 1. The molecule has 1 aromatic heterocycles. The van der Waals surface area contributed by atoms with Crippen molar-refractivity contribution in [3.8, 4) is 0 Å². The van der Waals surface area contributed by atoms with E-state index in [4.69, 9.17) is 11.6 Å². The molecule has 1 aromatic carbocycles. The van der Waals surface area contributed by atoms with Crippen molar-refractivity contribution in [1.29, 1.82) is 0 Å². The quantitative estimate of drug-likeness (QED) is 0.890. The molecule has 0 aliphatic rings. The maximum absolute atomic E-state index is 11.7. The average Bonchev–Trinajstić information content (AvgIpc) is 2.38. The van der Waals surface area contributed by atoms with Crippen molar-refractivity contribution >= 4 is 23.2 Å². The standard InChI is InChI=1S/C15H16ClN3O/c1-11-4-2-7-14(18-11)9-17-10-15(20)19-13-6-3-5-12(16)8-13/h2-8,17H,9-10H2,1H3,(H,19,20). The maximum atomic E-state index is 11.7. The molecule has 0 fully saturated rings. The lowest BCUT2D eigenvalue weighted by Crippen LogP contribution is -2.28. The minimum Gasteiger partial charge on any atom is -0.325 e. The molecule has 2 aromatic rings. The summed E-state index contributed by atoms with van der Waals surface area (Å²) in [5, 5.41) is 6.43. The van der Waals surface area contributed by atoms with Gasteiger partial charge >= 0.3 is 0 Å². The van der Waals surface area contributed by atoms with E-state index in [1.807, 2.05) is 25.1 Å². The van der Waals surface area contributed by atoms with Crippen LogP contribution >= 0.6 is 11.6 Å². The van der Waals surface area contributed by atoms with Gasteiger partial charge in [0.25, 0.3) is 0 Å². The first-order chi connectivity index (χ1) is 9.63. The van der Waals surface area contributed by atoms with Gasteiger partial charge < -0.3 is 10.6 Å². The van der Waals surface area contributed by atoms with Crippen molar-refractivity contribution in [2.24, 2.45) is 0 Å². The second-order valence-corrected chi connectivity index (χ2v) is 4.87. The van der Waals surface area contributed by atoms with E-state index in [0.29, 0.717) is 17.3 Å². The summed E-state index contributed by atoms with van der Waals surface area (Å²) in [7, 11) is 0. The Morgan fingerprint density at radius 2 is 2.05 bits per heavy atom. The Bertz CT molecular complexity index is 601. The molecule has 0 unspecified atom stereocenters. The first-order valence-corrected chi connectivity index (χ1v) is 6.70. The van der Waals surface area contributed by atoms with Crippen LogP contribution in [0.2, 0.25) is 5.02 Å². The zero-order valence-electron chi connectivity index (χ0n) is 11.2. The number of carbonyl (C=O) groups is 1. The van der Waals surface area contributed by atoms with Gasteiger partial charge in [-0.2, -0.15) is 0 Å². The van der Waals surface area contributed by atoms with Gasteiger partial charge in [0.2, 0.25) is 5.91 Å². The van der Waals surface area contributed by atoms with Crippen molar-refractivity contribution in [2.75, 3.05) is 11.9 Å². The summed E-state index contributed by atoms with van der Waals surface area (Å²) in [4.78, 5) is 16.1. The van der Waals surface area contributed by atoms with Gasteiger partial charge in [0, 0.05) is 22.9 Å². The molecule has 0 saturated heterocycles. The first-order valence-electron chi connectivity index (χ1n) is 6.32. The Morgan fingerprint density at radius 3 is 2.80 bits per heavy atom. The van der Waals surface area contributed by atoms with Crippen LogP contribution in [-0.2, 0) is 11.3 Å². The highest BCUT2D eigenvalue weighted by Gasteiger charge is 2.03. The smallest absolute Gasteiger partial charge is 0.238 e. The molecular formula is C15H16ClN3O. The fourth-order valence-corrected chi connectivity index (χ4v) is 1.96. The molecule has 0 saturated carbocycles. The Balaban J connectivity index is 1.78. The van der Waals surface area contributed by atoms with Crippen molar-refractivity contribution < 1.29 is 4.79 Å². The Labute approximate surface area is 123 Å². The number of nitrogens with one attached hydrogen (secondary N) is 2. The van der Waals surface area contributed by atoms with Crippen molar-refractivity contribution in [3.05, 3.63) is 58.9 Å². The van der Waals surface area contributed by atoms with Gasteiger partial charge in [-0.05, 0) is 37.3 Å². The van der Waals surface area contributed by atoms with E-state index in [9.17, 15) is 4.79 Å². The number of pyridine rings is 1. The van der Waals surface area contributed by atoms with Gasteiger partial charge in [0.05, 0.1) is 12.2 Å². The van der Waals surface area contributed by atoms with Crippen LogP contribution in [0.1, 0.15) is 11.4 Å². The molecule has 0 bridgehead atoms. The van der Waals surface area contributed by atoms with Crippen LogP contribution in [0.4, 0.5) is 5.69 Å². The minimum absolute atomic E-state index is 0.111. The van der Waals surface area contributed by atoms with E-state index in [0.717, 1.165) is 11.4 Å². The molecular weight excluding hydrogens is 274 g/mol. The van der Waals surface area contributed by atoms with E-state index < -0.39 is 0 Å². The second kappa shape index (κ2) is 7.03. The minimum atomic E-state index is -0.111. The zero-order chi connectivity index (χ0) is 14.4. The van der Waals surface area contributed by atoms with Crippen LogP contribution in [0.5, 0.6) is 0 Å². The van der Waals surface area contributed by atoms with E-state index in [1.54, 1.807) is 24.3 Å². The number of carbonyl (C=O) groups excluding carboxylic acids is 1. The van der Waals surface area contributed by atoms with Crippen molar-refractivity contribution in [2.45, 2.75) is 13.5 Å². The number of amides is 1. The summed E-state index contributed by atoms with van der Waals surface area (Å²) in [6.45, 7) is 2.72. The first kappa shape index (κ1) is 14.5. The molecule has 0 aliphatic carbocycles. The van der Waals surface area contributed by atoms with E-state index in [-0.39, 0.29) is 12.5 Å². The highest BCUT2D eigenvalue weighted by molar-refractivity contribution is 6.30. The Hall–Kier alpha value is -1.91. The van der Waals surface area contributed by atoms with Crippen LogP contribution in [0, 0.1) is 6.92 Å². The topological polar surface area (TPSA) is 54.0 Å². The molecule has 1 heterocycles. The van der Waals surface area contributed by atoms with Crippen LogP contribution in [0.25, 0.3) is 0 Å². The summed E-state index contributed by atoms with van der Waals surface area (Å²) in [6.07, 6.45) is 0. The lowest BCUT2D eigenvalue weighted by atomic mass is 10.3. The van der Waals surface area contributed by atoms with Crippen molar-refractivity contribution in [1.82, 2.24) is 10.3 Å². The number of hydrogen-bond donors (Lipinski definition) is 2. The highest BCUT2D eigenvalue weighted by atomic mass is 35.5. The van der Waals surface area contributed by atoms with Gasteiger partial charge in [0.15, 0.2) is 0 Å². The molecule has 2 N–H and O–H groups in total. The molecule has 5 heteroatoms. The normalized spacial score (nSPS) is 10.3. The monoisotopic (exact) mass is 289 g/mol. The average molecular weight is 290 g/mol. The molecule has 0 radical (unpaired) electrons. The summed E-state index contributed by atoms with van der Waals surface area (Å²) >= 11 is 5.85. The third-order valence-corrected chi connectivity index (χ3v) is 2.88. The van der Waals surface area contributed by atoms with Crippen molar-refractivity contribution in [3.63, 3.8) is 0 Å². The molecule has 1 amide bonds. The van der Waals surface area contributed by atoms with Crippen LogP contribution in [-0.4, -0.2) is 17.4 Å².